The SMILES string of the molecule is CS(=O)(=O)CCC(NN)c1cc(F)ccc1C(F)(F)F. The summed E-state index contributed by atoms with van der Waals surface area (Å²) in [6, 6.07) is 0.888. The monoisotopic (exact) mass is 314 g/mol. The lowest BCUT2D eigenvalue weighted by Gasteiger charge is -2.21. The molecule has 1 aromatic rings. The van der Waals surface area contributed by atoms with E-state index in [2.05, 4.69) is 5.43 Å². The lowest BCUT2D eigenvalue weighted by molar-refractivity contribution is -0.138. The van der Waals surface area contributed by atoms with E-state index in [-0.39, 0.29) is 12.2 Å². The van der Waals surface area contributed by atoms with Crippen LogP contribution >= 0.6 is 0 Å². The van der Waals surface area contributed by atoms with Crippen molar-refractivity contribution in [1.29, 1.82) is 0 Å². The van der Waals surface area contributed by atoms with Crippen LogP contribution in [0.2, 0.25) is 0 Å². The Hall–Kier alpha value is -1.19. The number of rotatable bonds is 5. The van der Waals surface area contributed by atoms with Gasteiger partial charge in [0, 0.05) is 12.3 Å². The minimum atomic E-state index is -4.68. The van der Waals surface area contributed by atoms with Crippen LogP contribution < -0.4 is 11.3 Å². The van der Waals surface area contributed by atoms with Gasteiger partial charge in [-0.1, -0.05) is 0 Å². The molecule has 0 saturated carbocycles. The van der Waals surface area contributed by atoms with Crippen LogP contribution in [0.25, 0.3) is 0 Å². The number of nitrogens with two attached hydrogens (primary N) is 1. The molecule has 4 nitrogen and oxygen atoms in total. The van der Waals surface area contributed by atoms with Gasteiger partial charge in [0.2, 0.25) is 0 Å². The Labute approximate surface area is 113 Å². The number of alkyl halides is 3. The van der Waals surface area contributed by atoms with E-state index in [9.17, 15) is 26.0 Å². The van der Waals surface area contributed by atoms with Gasteiger partial charge in [0.05, 0.1) is 11.3 Å². The first kappa shape index (κ1) is 16.9. The van der Waals surface area contributed by atoms with E-state index in [1.807, 2.05) is 0 Å². The zero-order valence-corrected chi connectivity index (χ0v) is 11.4. The molecule has 0 saturated heterocycles. The first-order valence-electron chi connectivity index (χ1n) is 5.55. The van der Waals surface area contributed by atoms with E-state index in [1.165, 1.54) is 0 Å². The Morgan fingerprint density at radius 1 is 1.35 bits per heavy atom. The second kappa shape index (κ2) is 6.06. The summed E-state index contributed by atoms with van der Waals surface area (Å²) in [5, 5.41) is 0. The van der Waals surface area contributed by atoms with Crippen molar-refractivity contribution in [2.45, 2.75) is 18.6 Å². The maximum atomic E-state index is 13.2. The summed E-state index contributed by atoms with van der Waals surface area (Å²) < 4.78 is 73.8. The Bertz CT molecular complexity index is 572. The van der Waals surface area contributed by atoms with Gasteiger partial charge in [0.15, 0.2) is 0 Å². The highest BCUT2D eigenvalue weighted by atomic mass is 32.2. The van der Waals surface area contributed by atoms with Gasteiger partial charge in [-0.3, -0.25) is 11.3 Å². The topological polar surface area (TPSA) is 72.2 Å². The second-order valence-electron chi connectivity index (χ2n) is 4.37. The molecule has 9 heteroatoms. The van der Waals surface area contributed by atoms with Crippen molar-refractivity contribution in [2.24, 2.45) is 5.84 Å². The molecule has 0 heterocycles. The summed E-state index contributed by atoms with van der Waals surface area (Å²) >= 11 is 0. The van der Waals surface area contributed by atoms with E-state index < -0.39 is 39.0 Å². The highest BCUT2D eigenvalue weighted by Gasteiger charge is 2.35. The van der Waals surface area contributed by atoms with Crippen LogP contribution in [0.5, 0.6) is 0 Å². The van der Waals surface area contributed by atoms with Crippen LogP contribution in [0.15, 0.2) is 18.2 Å². The predicted molar refractivity (Wildman–Crippen MR) is 65.8 cm³/mol. The van der Waals surface area contributed by atoms with Gasteiger partial charge in [0.25, 0.3) is 0 Å². The summed E-state index contributed by atoms with van der Waals surface area (Å²) in [7, 11) is -3.37. The number of halogens is 4. The van der Waals surface area contributed by atoms with Crippen LogP contribution in [0.3, 0.4) is 0 Å². The molecule has 0 bridgehead atoms. The summed E-state index contributed by atoms with van der Waals surface area (Å²) in [5.41, 5.74) is 0.640. The molecule has 0 spiro atoms. The van der Waals surface area contributed by atoms with Gasteiger partial charge in [0.1, 0.15) is 15.7 Å². The Morgan fingerprint density at radius 2 is 1.95 bits per heavy atom. The molecule has 1 aromatic carbocycles. The number of nitrogens with one attached hydrogen (secondary N) is 1. The van der Waals surface area contributed by atoms with Crippen molar-refractivity contribution < 1.29 is 26.0 Å². The maximum Gasteiger partial charge on any atom is 0.416 e. The Kier molecular flexibility index (Phi) is 5.11. The first-order chi connectivity index (χ1) is 9.04. The molecule has 3 N–H and O–H groups in total. The third-order valence-corrected chi connectivity index (χ3v) is 3.65. The number of benzene rings is 1. The van der Waals surface area contributed by atoms with E-state index >= 15 is 0 Å². The molecular formula is C11H14F4N2O2S. The average molecular weight is 314 g/mol. The van der Waals surface area contributed by atoms with Crippen LogP contribution in [-0.4, -0.2) is 20.4 Å². The summed E-state index contributed by atoms with van der Waals surface area (Å²) in [4.78, 5) is 0. The summed E-state index contributed by atoms with van der Waals surface area (Å²) in [6.07, 6.45) is -3.91. The molecule has 0 aliphatic carbocycles. The summed E-state index contributed by atoms with van der Waals surface area (Å²) in [5.74, 6) is 3.94. The van der Waals surface area contributed by atoms with Gasteiger partial charge >= 0.3 is 6.18 Å². The highest BCUT2D eigenvalue weighted by Crippen LogP contribution is 2.35. The molecule has 0 fully saturated rings. The lowest BCUT2D eigenvalue weighted by Crippen LogP contribution is -2.31. The molecule has 20 heavy (non-hydrogen) atoms. The standard InChI is InChI=1S/C11H14F4N2O2S/c1-20(18,19)5-4-10(17-16)8-6-7(12)2-3-9(8)11(13,14)15/h2-3,6,10,17H,4-5,16H2,1H3. The van der Waals surface area contributed by atoms with E-state index in [0.717, 1.165) is 6.26 Å². The van der Waals surface area contributed by atoms with Crippen molar-refractivity contribution in [2.75, 3.05) is 12.0 Å². The number of hydrazine groups is 1. The number of hydrogen-bond acceptors (Lipinski definition) is 4. The van der Waals surface area contributed by atoms with Gasteiger partial charge in [-0.05, 0) is 30.2 Å². The van der Waals surface area contributed by atoms with Crippen molar-refractivity contribution >= 4 is 9.84 Å². The maximum absolute atomic E-state index is 13.2. The van der Waals surface area contributed by atoms with Gasteiger partial charge in [-0.25, -0.2) is 12.8 Å². The van der Waals surface area contributed by atoms with Crippen molar-refractivity contribution in [3.63, 3.8) is 0 Å². The third-order valence-electron chi connectivity index (χ3n) is 2.67. The highest BCUT2D eigenvalue weighted by molar-refractivity contribution is 7.90. The van der Waals surface area contributed by atoms with Crippen molar-refractivity contribution in [3.05, 3.63) is 35.1 Å². The van der Waals surface area contributed by atoms with Crippen LogP contribution in [0.4, 0.5) is 17.6 Å². The molecule has 1 unspecified atom stereocenters. The molecule has 0 aliphatic heterocycles. The number of hydrogen-bond donors (Lipinski definition) is 2. The smallest absolute Gasteiger partial charge is 0.271 e. The van der Waals surface area contributed by atoms with E-state index in [0.29, 0.717) is 18.2 Å². The van der Waals surface area contributed by atoms with Gasteiger partial charge in [-0.2, -0.15) is 13.2 Å². The zero-order valence-electron chi connectivity index (χ0n) is 10.5. The predicted octanol–water partition coefficient (Wildman–Crippen LogP) is 1.78. The van der Waals surface area contributed by atoms with Gasteiger partial charge < -0.3 is 0 Å². The van der Waals surface area contributed by atoms with Crippen molar-refractivity contribution in [1.82, 2.24) is 5.43 Å². The zero-order chi connectivity index (χ0) is 15.6. The summed E-state index contributed by atoms with van der Waals surface area (Å²) in [6.45, 7) is 0. The Balaban J connectivity index is 3.17. The number of sulfone groups is 1. The largest absolute Gasteiger partial charge is 0.416 e. The third kappa shape index (κ3) is 4.73. The fourth-order valence-electron chi connectivity index (χ4n) is 1.74. The first-order valence-corrected chi connectivity index (χ1v) is 7.61. The van der Waals surface area contributed by atoms with Crippen molar-refractivity contribution in [3.8, 4) is 0 Å². The average Bonchev–Trinajstić information content (AvgIpc) is 2.26. The molecule has 0 aliphatic rings. The van der Waals surface area contributed by atoms with Crippen LogP contribution in [0.1, 0.15) is 23.6 Å². The Morgan fingerprint density at radius 3 is 2.40 bits per heavy atom. The molecule has 0 radical (unpaired) electrons. The fourth-order valence-corrected chi connectivity index (χ4v) is 2.40. The quantitative estimate of drug-likeness (QED) is 0.494. The second-order valence-corrected chi connectivity index (χ2v) is 6.63. The molecule has 114 valence electrons. The van der Waals surface area contributed by atoms with Crippen LogP contribution in [-0.2, 0) is 16.0 Å². The normalized spacial score (nSPS) is 14.3. The lowest BCUT2D eigenvalue weighted by atomic mass is 9.98. The molecule has 0 amide bonds. The molecular weight excluding hydrogens is 300 g/mol. The van der Waals surface area contributed by atoms with E-state index in [4.69, 9.17) is 5.84 Å². The van der Waals surface area contributed by atoms with E-state index in [1.54, 1.807) is 0 Å². The van der Waals surface area contributed by atoms with Gasteiger partial charge in [-0.15, -0.1) is 0 Å². The molecule has 1 rings (SSSR count). The molecule has 1 atom stereocenters. The van der Waals surface area contributed by atoms with Crippen LogP contribution in [0, 0.1) is 5.82 Å². The minimum Gasteiger partial charge on any atom is -0.271 e. The minimum absolute atomic E-state index is 0.193. The fraction of sp³-hybridized carbons (Fsp3) is 0.455. The molecule has 0 aromatic heterocycles.